The van der Waals surface area contributed by atoms with Gasteiger partial charge in [0.2, 0.25) is 0 Å². The summed E-state index contributed by atoms with van der Waals surface area (Å²) < 4.78 is 33.8. The molecule has 1 atom stereocenters. The van der Waals surface area contributed by atoms with E-state index in [1.807, 2.05) is 0 Å². The lowest BCUT2D eigenvalue weighted by Crippen LogP contribution is -2.47. The van der Waals surface area contributed by atoms with Crippen molar-refractivity contribution in [1.82, 2.24) is 5.32 Å². The van der Waals surface area contributed by atoms with Crippen LogP contribution in [0.2, 0.25) is 0 Å². The van der Waals surface area contributed by atoms with Crippen LogP contribution in [-0.2, 0) is 14.3 Å². The maximum Gasteiger partial charge on any atom is 0.274 e. The van der Waals surface area contributed by atoms with Gasteiger partial charge >= 0.3 is 0 Å². The fourth-order valence-electron chi connectivity index (χ4n) is 2.10. The van der Waals surface area contributed by atoms with Crippen molar-refractivity contribution >= 4 is 10.1 Å². The molecule has 0 amide bonds. The lowest BCUT2D eigenvalue weighted by Gasteiger charge is -2.33. The van der Waals surface area contributed by atoms with Crippen LogP contribution in [0.5, 0.6) is 5.75 Å². The minimum absolute atomic E-state index is 0.0587. The molecule has 6 heteroatoms. The normalized spacial score (nSPS) is 18.1. The van der Waals surface area contributed by atoms with Crippen molar-refractivity contribution in [2.75, 3.05) is 27.3 Å². The molecule has 1 heterocycles. The summed E-state index contributed by atoms with van der Waals surface area (Å²) in [6, 6.07) is 7.08. The number of rotatable bonds is 5. The van der Waals surface area contributed by atoms with Gasteiger partial charge in [0.25, 0.3) is 10.1 Å². The fourth-order valence-corrected chi connectivity index (χ4v) is 3.46. The Bertz CT molecular complexity index is 493. The van der Waals surface area contributed by atoms with Crippen molar-refractivity contribution in [3.05, 3.63) is 29.8 Å². The van der Waals surface area contributed by atoms with Crippen molar-refractivity contribution in [1.29, 1.82) is 0 Å². The third-order valence-corrected chi connectivity index (χ3v) is 4.97. The second kappa shape index (κ2) is 5.26. The first-order chi connectivity index (χ1) is 8.58. The Labute approximate surface area is 107 Å². The molecule has 100 valence electrons. The zero-order valence-corrected chi connectivity index (χ0v) is 11.2. The van der Waals surface area contributed by atoms with Gasteiger partial charge in [0.1, 0.15) is 11.0 Å². The van der Waals surface area contributed by atoms with Gasteiger partial charge in [0, 0.05) is 19.0 Å². The highest BCUT2D eigenvalue weighted by Gasteiger charge is 2.38. The predicted octanol–water partition coefficient (Wildman–Crippen LogP) is 0.932. The van der Waals surface area contributed by atoms with Gasteiger partial charge in [-0.25, -0.2) is 0 Å². The Morgan fingerprint density at radius 2 is 1.83 bits per heavy atom. The molecule has 1 aliphatic heterocycles. The molecule has 1 N–H and O–H groups in total. The molecule has 5 nitrogen and oxygen atoms in total. The first-order valence-corrected chi connectivity index (χ1v) is 7.19. The molecular weight excluding hydrogens is 254 g/mol. The number of methoxy groups -OCH3 is 1. The van der Waals surface area contributed by atoms with Crippen LogP contribution < -0.4 is 10.1 Å². The molecule has 1 fully saturated rings. The van der Waals surface area contributed by atoms with Gasteiger partial charge in [-0.05, 0) is 17.7 Å². The maximum absolute atomic E-state index is 12.0. The third-order valence-electron chi connectivity index (χ3n) is 3.23. The van der Waals surface area contributed by atoms with E-state index in [0.717, 1.165) is 5.56 Å². The van der Waals surface area contributed by atoms with E-state index >= 15 is 0 Å². The van der Waals surface area contributed by atoms with E-state index in [4.69, 9.17) is 4.74 Å². The Morgan fingerprint density at radius 1 is 1.22 bits per heavy atom. The van der Waals surface area contributed by atoms with E-state index in [1.54, 1.807) is 31.4 Å². The molecule has 0 spiro atoms. The van der Waals surface area contributed by atoms with E-state index in [1.165, 1.54) is 7.11 Å². The van der Waals surface area contributed by atoms with Gasteiger partial charge in [-0.2, -0.15) is 8.42 Å². The second-order valence-corrected chi connectivity index (χ2v) is 6.10. The van der Waals surface area contributed by atoms with E-state index in [9.17, 15) is 8.42 Å². The summed E-state index contributed by atoms with van der Waals surface area (Å²) in [5.41, 5.74) is 0.740. The summed E-state index contributed by atoms with van der Waals surface area (Å²) in [5.74, 6) is 0.766. The number of benzene rings is 1. The van der Waals surface area contributed by atoms with Crippen LogP contribution >= 0.6 is 0 Å². The molecule has 0 saturated carbocycles. The molecule has 1 aromatic carbocycles. The van der Waals surface area contributed by atoms with Gasteiger partial charge in [-0.3, -0.25) is 4.18 Å². The molecule has 2 rings (SSSR count). The third kappa shape index (κ3) is 2.50. The minimum Gasteiger partial charge on any atom is -0.497 e. The number of ether oxygens (including phenoxy) is 1. The average molecular weight is 271 g/mol. The molecule has 1 aromatic rings. The summed E-state index contributed by atoms with van der Waals surface area (Å²) in [6.45, 7) is 1.39. The predicted molar refractivity (Wildman–Crippen MR) is 68.0 cm³/mol. The van der Waals surface area contributed by atoms with Crippen molar-refractivity contribution in [2.45, 2.75) is 5.25 Å². The number of hydrogen-bond acceptors (Lipinski definition) is 5. The Kier molecular flexibility index (Phi) is 3.89. The first kappa shape index (κ1) is 13.3. The summed E-state index contributed by atoms with van der Waals surface area (Å²) in [6.07, 6.45) is 0. The Balaban J connectivity index is 2.33. The Hall–Kier alpha value is -1.11. The van der Waals surface area contributed by atoms with Crippen molar-refractivity contribution in [2.24, 2.45) is 5.92 Å². The van der Waals surface area contributed by atoms with E-state index in [-0.39, 0.29) is 5.92 Å². The second-order valence-electron chi connectivity index (χ2n) is 4.27. The smallest absolute Gasteiger partial charge is 0.274 e. The molecule has 1 saturated heterocycles. The monoisotopic (exact) mass is 271 g/mol. The fraction of sp³-hybridized carbons (Fsp3) is 0.500. The number of nitrogens with one attached hydrogen (secondary N) is 1. The highest BCUT2D eigenvalue weighted by molar-refractivity contribution is 7.87. The Morgan fingerprint density at radius 3 is 2.22 bits per heavy atom. The van der Waals surface area contributed by atoms with Crippen molar-refractivity contribution in [3.63, 3.8) is 0 Å². The van der Waals surface area contributed by atoms with Crippen LogP contribution in [0.25, 0.3) is 0 Å². The van der Waals surface area contributed by atoms with Gasteiger partial charge in [-0.1, -0.05) is 12.1 Å². The standard InChI is InChI=1S/C12H17NO4S/c1-16-11-5-3-9(4-6-11)12(10-7-13-8-10)18(14,15)17-2/h3-6,10,12-13H,7-8H2,1-2H3. The van der Waals surface area contributed by atoms with Crippen LogP contribution in [0, 0.1) is 5.92 Å². The topological polar surface area (TPSA) is 64.6 Å². The molecule has 1 unspecified atom stereocenters. The van der Waals surface area contributed by atoms with Crippen molar-refractivity contribution in [3.8, 4) is 5.75 Å². The summed E-state index contributed by atoms with van der Waals surface area (Å²) in [4.78, 5) is 0. The lowest BCUT2D eigenvalue weighted by molar-refractivity contribution is 0.305. The lowest BCUT2D eigenvalue weighted by atomic mass is 9.94. The van der Waals surface area contributed by atoms with Crippen LogP contribution in [0.4, 0.5) is 0 Å². The summed E-state index contributed by atoms with van der Waals surface area (Å²) in [7, 11) is -0.790. The minimum atomic E-state index is -3.57. The molecule has 1 aliphatic rings. The molecule has 0 bridgehead atoms. The van der Waals surface area contributed by atoms with E-state index in [0.29, 0.717) is 18.8 Å². The largest absolute Gasteiger partial charge is 0.497 e. The first-order valence-electron chi connectivity index (χ1n) is 5.72. The quantitative estimate of drug-likeness (QED) is 0.807. The highest BCUT2D eigenvalue weighted by Crippen LogP contribution is 2.34. The highest BCUT2D eigenvalue weighted by atomic mass is 32.2. The zero-order valence-electron chi connectivity index (χ0n) is 10.4. The van der Waals surface area contributed by atoms with Crippen LogP contribution in [0.3, 0.4) is 0 Å². The molecular formula is C12H17NO4S. The van der Waals surface area contributed by atoms with Crippen LogP contribution in [0.15, 0.2) is 24.3 Å². The average Bonchev–Trinajstić information content (AvgIpc) is 2.33. The molecule has 0 aliphatic carbocycles. The van der Waals surface area contributed by atoms with Crippen molar-refractivity contribution < 1.29 is 17.3 Å². The van der Waals surface area contributed by atoms with Gasteiger partial charge in [-0.15, -0.1) is 0 Å². The van der Waals surface area contributed by atoms with Crippen LogP contribution in [0.1, 0.15) is 10.8 Å². The van der Waals surface area contributed by atoms with Gasteiger partial charge in [0.15, 0.2) is 0 Å². The zero-order chi connectivity index (χ0) is 13.2. The van der Waals surface area contributed by atoms with Crippen LogP contribution in [-0.4, -0.2) is 35.7 Å². The SMILES string of the molecule is COc1ccc(C(C2CNC2)S(=O)(=O)OC)cc1. The molecule has 0 aromatic heterocycles. The van der Waals surface area contributed by atoms with E-state index < -0.39 is 15.4 Å². The molecule has 18 heavy (non-hydrogen) atoms. The summed E-state index contributed by atoms with van der Waals surface area (Å²) in [5, 5.41) is 2.47. The van der Waals surface area contributed by atoms with Gasteiger partial charge < -0.3 is 10.1 Å². The maximum atomic E-state index is 12.0. The number of hydrogen-bond donors (Lipinski definition) is 1. The van der Waals surface area contributed by atoms with E-state index in [2.05, 4.69) is 9.50 Å². The molecule has 0 radical (unpaired) electrons. The summed E-state index contributed by atoms with van der Waals surface area (Å²) >= 11 is 0. The van der Waals surface area contributed by atoms with Gasteiger partial charge in [0.05, 0.1) is 14.2 Å².